The number of likely N-dealkylation sites (tertiary alicyclic amines) is 1. The molecule has 0 spiro atoms. The molecule has 1 aliphatic heterocycles. The minimum Gasteiger partial charge on any atom is -0.458 e. The first-order chi connectivity index (χ1) is 14.7. The van der Waals surface area contributed by atoms with Gasteiger partial charge in [0.05, 0.1) is 18.9 Å². The summed E-state index contributed by atoms with van der Waals surface area (Å²) >= 11 is 0. The summed E-state index contributed by atoms with van der Waals surface area (Å²) in [7, 11) is 0. The van der Waals surface area contributed by atoms with Crippen molar-refractivity contribution in [2.75, 3.05) is 13.1 Å². The predicted molar refractivity (Wildman–Crippen MR) is 112 cm³/mol. The van der Waals surface area contributed by atoms with Crippen molar-refractivity contribution < 1.29 is 13.9 Å². The predicted octanol–water partition coefficient (Wildman–Crippen LogP) is 4.21. The van der Waals surface area contributed by atoms with E-state index < -0.39 is 5.82 Å². The van der Waals surface area contributed by atoms with E-state index in [0.717, 1.165) is 36.4 Å². The Kier molecular flexibility index (Phi) is 6.32. The van der Waals surface area contributed by atoms with Gasteiger partial charge in [-0.3, -0.25) is 4.79 Å². The van der Waals surface area contributed by atoms with E-state index in [0.29, 0.717) is 19.5 Å². The number of amides is 1. The summed E-state index contributed by atoms with van der Waals surface area (Å²) in [5.74, 6) is -0.404. The molecule has 0 bridgehead atoms. The molecule has 6 heteroatoms. The molecule has 1 unspecified atom stereocenters. The summed E-state index contributed by atoms with van der Waals surface area (Å²) in [5.41, 5.74) is 2.25. The lowest BCUT2D eigenvalue weighted by Gasteiger charge is -2.33. The Morgan fingerprint density at radius 3 is 2.23 bits per heavy atom. The zero-order chi connectivity index (χ0) is 20.8. The SMILES string of the molecule is O=C(CC(c1ccccc1)c1ccccc1)N1CCCC(Oc2ncc(F)cn2)C1. The molecular weight excluding hydrogens is 381 g/mol. The maximum absolute atomic E-state index is 13.2. The Morgan fingerprint density at radius 2 is 1.63 bits per heavy atom. The summed E-state index contributed by atoms with van der Waals surface area (Å²) in [6, 6.07) is 20.4. The monoisotopic (exact) mass is 405 g/mol. The molecule has 1 fully saturated rings. The number of ether oxygens (including phenoxy) is 1. The van der Waals surface area contributed by atoms with Gasteiger partial charge in [-0.25, -0.2) is 14.4 Å². The van der Waals surface area contributed by atoms with Crippen LogP contribution in [-0.2, 0) is 4.79 Å². The Labute approximate surface area is 175 Å². The minimum atomic E-state index is -0.504. The van der Waals surface area contributed by atoms with E-state index in [9.17, 15) is 9.18 Å². The van der Waals surface area contributed by atoms with Gasteiger partial charge in [0.2, 0.25) is 5.91 Å². The van der Waals surface area contributed by atoms with Crippen LogP contribution in [0.5, 0.6) is 6.01 Å². The third-order valence-electron chi connectivity index (χ3n) is 5.38. The molecule has 1 aliphatic rings. The molecule has 1 amide bonds. The lowest BCUT2D eigenvalue weighted by Crippen LogP contribution is -2.45. The third kappa shape index (κ3) is 5.00. The highest BCUT2D eigenvalue weighted by Crippen LogP contribution is 2.29. The zero-order valence-corrected chi connectivity index (χ0v) is 16.7. The molecule has 1 atom stereocenters. The fourth-order valence-corrected chi connectivity index (χ4v) is 3.87. The van der Waals surface area contributed by atoms with Gasteiger partial charge in [-0.1, -0.05) is 60.7 Å². The molecule has 154 valence electrons. The number of hydrogen-bond donors (Lipinski definition) is 0. The van der Waals surface area contributed by atoms with Crippen molar-refractivity contribution in [1.82, 2.24) is 14.9 Å². The van der Waals surface area contributed by atoms with Gasteiger partial charge in [0.1, 0.15) is 6.10 Å². The fourth-order valence-electron chi connectivity index (χ4n) is 3.87. The van der Waals surface area contributed by atoms with Crippen molar-refractivity contribution in [2.24, 2.45) is 0 Å². The summed E-state index contributed by atoms with van der Waals surface area (Å²) < 4.78 is 18.8. The van der Waals surface area contributed by atoms with Crippen LogP contribution in [-0.4, -0.2) is 40.0 Å². The second-order valence-corrected chi connectivity index (χ2v) is 7.48. The van der Waals surface area contributed by atoms with Crippen molar-refractivity contribution in [3.8, 4) is 6.01 Å². The van der Waals surface area contributed by atoms with E-state index in [1.165, 1.54) is 0 Å². The molecule has 1 aromatic heterocycles. The van der Waals surface area contributed by atoms with Gasteiger partial charge in [-0.05, 0) is 24.0 Å². The molecule has 4 rings (SSSR count). The molecule has 30 heavy (non-hydrogen) atoms. The molecule has 2 aromatic carbocycles. The van der Waals surface area contributed by atoms with Crippen LogP contribution in [0, 0.1) is 5.82 Å². The van der Waals surface area contributed by atoms with Gasteiger partial charge in [-0.2, -0.15) is 0 Å². The van der Waals surface area contributed by atoms with Gasteiger partial charge in [-0.15, -0.1) is 0 Å². The summed E-state index contributed by atoms with van der Waals surface area (Å²) in [6.07, 6.45) is 4.02. The van der Waals surface area contributed by atoms with E-state index >= 15 is 0 Å². The third-order valence-corrected chi connectivity index (χ3v) is 5.38. The van der Waals surface area contributed by atoms with Crippen molar-refractivity contribution in [3.05, 3.63) is 90.0 Å². The number of aromatic nitrogens is 2. The number of carbonyl (C=O) groups is 1. The van der Waals surface area contributed by atoms with E-state index in [-0.39, 0.29) is 23.9 Å². The number of halogens is 1. The second-order valence-electron chi connectivity index (χ2n) is 7.48. The van der Waals surface area contributed by atoms with Crippen molar-refractivity contribution >= 4 is 5.91 Å². The number of piperidine rings is 1. The lowest BCUT2D eigenvalue weighted by atomic mass is 9.88. The molecule has 0 aliphatic carbocycles. The normalized spacial score (nSPS) is 16.5. The second kappa shape index (κ2) is 9.48. The highest BCUT2D eigenvalue weighted by Gasteiger charge is 2.28. The highest BCUT2D eigenvalue weighted by atomic mass is 19.1. The average molecular weight is 405 g/mol. The highest BCUT2D eigenvalue weighted by molar-refractivity contribution is 5.78. The smallest absolute Gasteiger partial charge is 0.316 e. The number of carbonyl (C=O) groups excluding carboxylic acids is 1. The van der Waals surface area contributed by atoms with E-state index in [1.54, 1.807) is 0 Å². The molecule has 3 aromatic rings. The average Bonchev–Trinajstić information content (AvgIpc) is 2.80. The quantitative estimate of drug-likeness (QED) is 0.617. The molecule has 2 heterocycles. The van der Waals surface area contributed by atoms with E-state index in [2.05, 4.69) is 34.2 Å². The first-order valence-electron chi connectivity index (χ1n) is 10.2. The maximum Gasteiger partial charge on any atom is 0.316 e. The lowest BCUT2D eigenvalue weighted by molar-refractivity contribution is -0.134. The van der Waals surface area contributed by atoms with Crippen LogP contribution in [0.4, 0.5) is 4.39 Å². The van der Waals surface area contributed by atoms with E-state index in [4.69, 9.17) is 4.74 Å². The summed E-state index contributed by atoms with van der Waals surface area (Å²) in [6.45, 7) is 1.19. The Bertz CT molecular complexity index is 912. The van der Waals surface area contributed by atoms with Gasteiger partial charge >= 0.3 is 6.01 Å². The van der Waals surface area contributed by atoms with Crippen LogP contribution in [0.2, 0.25) is 0 Å². The number of hydrogen-bond acceptors (Lipinski definition) is 4. The first-order valence-corrected chi connectivity index (χ1v) is 10.2. The standard InChI is InChI=1S/C24H24FN3O2/c25-20-15-26-24(27-16-20)30-21-12-7-13-28(17-21)23(29)14-22(18-8-3-1-4-9-18)19-10-5-2-6-11-19/h1-6,8-11,15-16,21-22H,7,12-14,17H2. The molecule has 0 N–H and O–H groups in total. The van der Waals surface area contributed by atoms with Crippen LogP contribution in [0.25, 0.3) is 0 Å². The van der Waals surface area contributed by atoms with Gasteiger partial charge < -0.3 is 9.64 Å². The van der Waals surface area contributed by atoms with Gasteiger partial charge in [0.25, 0.3) is 0 Å². The number of rotatable bonds is 6. The molecule has 0 saturated carbocycles. The molecule has 5 nitrogen and oxygen atoms in total. The van der Waals surface area contributed by atoms with Crippen LogP contribution in [0.15, 0.2) is 73.1 Å². The van der Waals surface area contributed by atoms with Crippen molar-refractivity contribution in [1.29, 1.82) is 0 Å². The minimum absolute atomic E-state index is 0.00151. The molecule has 1 saturated heterocycles. The van der Waals surface area contributed by atoms with Crippen LogP contribution in [0.1, 0.15) is 36.3 Å². The number of nitrogens with zero attached hydrogens (tertiary/aromatic N) is 3. The molecule has 0 radical (unpaired) electrons. The van der Waals surface area contributed by atoms with Gasteiger partial charge in [0.15, 0.2) is 5.82 Å². The van der Waals surface area contributed by atoms with Crippen LogP contribution >= 0.6 is 0 Å². The number of benzene rings is 2. The Hall–Kier alpha value is -3.28. The Morgan fingerprint density at radius 1 is 1.03 bits per heavy atom. The first kappa shape index (κ1) is 20.0. The zero-order valence-electron chi connectivity index (χ0n) is 16.7. The van der Waals surface area contributed by atoms with E-state index in [1.807, 2.05) is 41.3 Å². The van der Waals surface area contributed by atoms with Gasteiger partial charge in [0, 0.05) is 18.9 Å². The van der Waals surface area contributed by atoms with Crippen molar-refractivity contribution in [2.45, 2.75) is 31.3 Å². The Balaban J connectivity index is 1.45. The van der Waals surface area contributed by atoms with Crippen LogP contribution in [0.3, 0.4) is 0 Å². The summed E-state index contributed by atoms with van der Waals surface area (Å²) in [4.78, 5) is 22.8. The van der Waals surface area contributed by atoms with Crippen molar-refractivity contribution in [3.63, 3.8) is 0 Å². The largest absolute Gasteiger partial charge is 0.458 e. The fraction of sp³-hybridized carbons (Fsp3) is 0.292. The van der Waals surface area contributed by atoms with Crippen LogP contribution < -0.4 is 4.74 Å². The molecular formula is C24H24FN3O2. The topological polar surface area (TPSA) is 55.3 Å². The summed E-state index contributed by atoms with van der Waals surface area (Å²) in [5, 5.41) is 0. The maximum atomic E-state index is 13.2.